The topological polar surface area (TPSA) is 87.7 Å². The number of carbonyl (C=O) groups excluding carboxylic acids is 3. The maximum atomic E-state index is 13.1. The van der Waals surface area contributed by atoms with Crippen LogP contribution >= 0.6 is 0 Å². The van der Waals surface area contributed by atoms with Crippen LogP contribution in [-0.2, 0) is 14.3 Å². The molecule has 0 aromatic carbocycles. The van der Waals surface area contributed by atoms with E-state index in [0.717, 1.165) is 0 Å². The van der Waals surface area contributed by atoms with Crippen LogP contribution in [0.5, 0.6) is 0 Å². The molecule has 158 valence electrons. The highest BCUT2D eigenvalue weighted by Gasteiger charge is 2.47. The van der Waals surface area contributed by atoms with E-state index in [9.17, 15) is 14.4 Å². The molecule has 1 saturated heterocycles. The van der Waals surface area contributed by atoms with Gasteiger partial charge in [-0.3, -0.25) is 14.9 Å². The van der Waals surface area contributed by atoms with Crippen LogP contribution in [0.1, 0.15) is 53.9 Å². The van der Waals surface area contributed by atoms with Crippen LogP contribution in [0.15, 0.2) is 12.2 Å². The van der Waals surface area contributed by atoms with E-state index in [4.69, 9.17) is 4.74 Å². The maximum absolute atomic E-state index is 13.1. The Bertz CT molecular complexity index is 631. The summed E-state index contributed by atoms with van der Waals surface area (Å²) in [6.45, 7) is 10.6. The van der Waals surface area contributed by atoms with Gasteiger partial charge in [0.15, 0.2) is 11.6 Å². The number of rotatable bonds is 4. The molecule has 28 heavy (non-hydrogen) atoms. The van der Waals surface area contributed by atoms with Crippen molar-refractivity contribution in [1.82, 2.24) is 15.5 Å². The van der Waals surface area contributed by atoms with Crippen molar-refractivity contribution in [2.75, 3.05) is 26.2 Å². The van der Waals surface area contributed by atoms with Crippen molar-refractivity contribution < 1.29 is 19.1 Å². The highest BCUT2D eigenvalue weighted by Crippen LogP contribution is 2.27. The van der Waals surface area contributed by atoms with Gasteiger partial charge in [0, 0.05) is 25.0 Å². The summed E-state index contributed by atoms with van der Waals surface area (Å²) < 4.78 is 5.32. The number of ketones is 2. The standard InChI is InChI=1S/C21H35N3O4/c1-15(2)18(26)21-10-11-24(14-21)19(27)28-12-8-6-7-9-20(5,23-16(3)4)17(25)13-22-21/h6,8,15-16,22-23H,7,9-14H2,1-5H3/b8-6+/t20-,21-/m1/s1. The summed E-state index contributed by atoms with van der Waals surface area (Å²) in [5.41, 5.74) is -1.59. The smallest absolute Gasteiger partial charge is 0.410 e. The first-order valence-electron chi connectivity index (χ1n) is 10.3. The number of Topliss-reactive ketones (excluding diaryl/α,β-unsaturated/α-hetero) is 2. The fourth-order valence-corrected chi connectivity index (χ4v) is 4.09. The van der Waals surface area contributed by atoms with Gasteiger partial charge in [0.1, 0.15) is 6.61 Å². The lowest BCUT2D eigenvalue weighted by Crippen LogP contribution is -2.61. The minimum Gasteiger partial charge on any atom is -0.445 e. The second kappa shape index (κ2) is 9.18. The first-order valence-corrected chi connectivity index (χ1v) is 10.3. The van der Waals surface area contributed by atoms with E-state index in [1.54, 1.807) is 4.90 Å². The second-order valence-electron chi connectivity index (χ2n) is 8.77. The third kappa shape index (κ3) is 5.20. The molecule has 2 aliphatic heterocycles. The number of ether oxygens (including phenoxy) is 1. The molecule has 2 atom stereocenters. The summed E-state index contributed by atoms with van der Waals surface area (Å²) in [5.74, 6) is -0.134. The summed E-state index contributed by atoms with van der Waals surface area (Å²) in [5, 5.41) is 6.65. The average Bonchev–Trinajstić information content (AvgIpc) is 3.06. The highest BCUT2D eigenvalue weighted by molar-refractivity contribution is 5.94. The van der Waals surface area contributed by atoms with Crippen LogP contribution in [0.4, 0.5) is 4.79 Å². The van der Waals surface area contributed by atoms with Gasteiger partial charge in [-0.15, -0.1) is 0 Å². The Morgan fingerprint density at radius 3 is 2.57 bits per heavy atom. The number of nitrogens with zero attached hydrogens (tertiary/aromatic N) is 1. The third-order valence-electron chi connectivity index (χ3n) is 5.61. The van der Waals surface area contributed by atoms with Crippen LogP contribution in [0.2, 0.25) is 0 Å². The zero-order chi connectivity index (χ0) is 20.9. The van der Waals surface area contributed by atoms with Crippen LogP contribution in [0.25, 0.3) is 0 Å². The molecule has 0 radical (unpaired) electrons. The molecular weight excluding hydrogens is 358 g/mol. The molecule has 0 aromatic rings. The minimum absolute atomic E-state index is 0.0288. The molecule has 0 aromatic heterocycles. The number of nitrogens with one attached hydrogen (secondary N) is 2. The average molecular weight is 394 g/mol. The van der Waals surface area contributed by atoms with Crippen LogP contribution in [0.3, 0.4) is 0 Å². The van der Waals surface area contributed by atoms with Crippen molar-refractivity contribution in [3.8, 4) is 0 Å². The molecular formula is C21H35N3O4. The van der Waals surface area contributed by atoms with Gasteiger partial charge in [-0.1, -0.05) is 26.0 Å². The van der Waals surface area contributed by atoms with Gasteiger partial charge in [-0.05, 0) is 40.0 Å². The predicted octanol–water partition coefficient (Wildman–Crippen LogP) is 2.06. The Labute approximate surface area is 168 Å². The first kappa shape index (κ1) is 22.6. The van der Waals surface area contributed by atoms with Crippen molar-refractivity contribution in [2.24, 2.45) is 5.92 Å². The zero-order valence-corrected chi connectivity index (χ0v) is 17.8. The molecule has 1 fully saturated rings. The number of allylic oxidation sites excluding steroid dienone is 1. The van der Waals surface area contributed by atoms with Gasteiger partial charge in [-0.25, -0.2) is 4.79 Å². The van der Waals surface area contributed by atoms with E-state index >= 15 is 0 Å². The maximum Gasteiger partial charge on any atom is 0.410 e. The van der Waals surface area contributed by atoms with E-state index in [1.807, 2.05) is 46.8 Å². The van der Waals surface area contributed by atoms with E-state index < -0.39 is 17.2 Å². The van der Waals surface area contributed by atoms with Crippen LogP contribution in [0, 0.1) is 5.92 Å². The number of fused-ring (bicyclic) bond motifs is 2. The molecule has 0 unspecified atom stereocenters. The lowest BCUT2D eigenvalue weighted by Gasteiger charge is -2.35. The van der Waals surface area contributed by atoms with E-state index in [1.165, 1.54) is 0 Å². The third-order valence-corrected chi connectivity index (χ3v) is 5.61. The molecule has 0 aliphatic carbocycles. The van der Waals surface area contributed by atoms with Gasteiger partial charge < -0.3 is 15.0 Å². The summed E-state index contributed by atoms with van der Waals surface area (Å²) in [6.07, 6.45) is 5.14. The molecule has 7 heteroatoms. The fraction of sp³-hybridized carbons (Fsp3) is 0.762. The SMILES string of the molecule is CC(C)N[C@]1(C)CC/C=C/COC(=O)N2CC[C@](C(=O)C(C)C)(C2)NCC1=O. The van der Waals surface area contributed by atoms with E-state index in [-0.39, 0.29) is 43.2 Å². The number of hydrogen-bond donors (Lipinski definition) is 2. The minimum atomic E-state index is -0.901. The highest BCUT2D eigenvalue weighted by atomic mass is 16.6. The molecule has 2 N–H and O–H groups in total. The molecule has 2 aliphatic rings. The van der Waals surface area contributed by atoms with Gasteiger partial charge in [0.05, 0.1) is 17.6 Å². The Hall–Kier alpha value is -1.73. The fourth-order valence-electron chi connectivity index (χ4n) is 4.09. The zero-order valence-electron chi connectivity index (χ0n) is 17.8. The Kier molecular flexibility index (Phi) is 7.39. The predicted molar refractivity (Wildman–Crippen MR) is 108 cm³/mol. The number of amides is 1. The molecule has 2 heterocycles. The quantitative estimate of drug-likeness (QED) is 0.711. The number of cyclic esters (lactones) is 1. The van der Waals surface area contributed by atoms with Crippen LogP contribution < -0.4 is 10.6 Å². The lowest BCUT2D eigenvalue weighted by atomic mass is 9.84. The first-order chi connectivity index (χ1) is 13.1. The molecule has 1 amide bonds. The van der Waals surface area contributed by atoms with Gasteiger partial charge in [0.25, 0.3) is 0 Å². The molecule has 7 nitrogen and oxygen atoms in total. The number of hydrogen-bond acceptors (Lipinski definition) is 6. The molecule has 2 bridgehead atoms. The van der Waals surface area contributed by atoms with Crippen molar-refractivity contribution in [3.63, 3.8) is 0 Å². The van der Waals surface area contributed by atoms with Crippen LogP contribution in [-0.4, -0.2) is 65.9 Å². The summed E-state index contributed by atoms with van der Waals surface area (Å²) in [7, 11) is 0. The van der Waals surface area contributed by atoms with Gasteiger partial charge in [0.2, 0.25) is 0 Å². The molecule has 0 saturated carbocycles. The Balaban J connectivity index is 2.30. The van der Waals surface area contributed by atoms with Crippen molar-refractivity contribution in [1.29, 1.82) is 0 Å². The summed E-state index contributed by atoms with van der Waals surface area (Å²) >= 11 is 0. The Morgan fingerprint density at radius 2 is 1.93 bits per heavy atom. The van der Waals surface area contributed by atoms with Gasteiger partial charge in [-0.2, -0.15) is 0 Å². The van der Waals surface area contributed by atoms with E-state index in [0.29, 0.717) is 25.8 Å². The van der Waals surface area contributed by atoms with Crippen molar-refractivity contribution >= 4 is 17.7 Å². The van der Waals surface area contributed by atoms with Crippen molar-refractivity contribution in [3.05, 3.63) is 12.2 Å². The molecule has 2 rings (SSSR count). The molecule has 0 spiro atoms. The largest absolute Gasteiger partial charge is 0.445 e. The van der Waals surface area contributed by atoms with Crippen molar-refractivity contribution in [2.45, 2.75) is 71.0 Å². The second-order valence-corrected chi connectivity index (χ2v) is 8.77. The lowest BCUT2D eigenvalue weighted by molar-refractivity contribution is -0.129. The number of carbonyl (C=O) groups is 3. The normalized spacial score (nSPS) is 31.0. The monoisotopic (exact) mass is 393 g/mol. The Morgan fingerprint density at radius 1 is 1.21 bits per heavy atom. The summed E-state index contributed by atoms with van der Waals surface area (Å²) in [6, 6.07) is 0.158. The summed E-state index contributed by atoms with van der Waals surface area (Å²) in [4.78, 5) is 40.0. The van der Waals surface area contributed by atoms with Gasteiger partial charge >= 0.3 is 6.09 Å². The van der Waals surface area contributed by atoms with E-state index in [2.05, 4.69) is 10.6 Å².